The van der Waals surface area contributed by atoms with E-state index < -0.39 is 0 Å². The second kappa shape index (κ2) is 5.45. The summed E-state index contributed by atoms with van der Waals surface area (Å²) < 4.78 is 1.65. The van der Waals surface area contributed by atoms with Crippen LogP contribution in [0.2, 0.25) is 5.02 Å². The monoisotopic (exact) mass is 277 g/mol. The Hall–Kier alpha value is -1.81. The lowest BCUT2D eigenvalue weighted by molar-refractivity contribution is 0.0755. The highest BCUT2D eigenvalue weighted by molar-refractivity contribution is 6.30. The summed E-state index contributed by atoms with van der Waals surface area (Å²) in [6, 6.07) is 7.49. The molecule has 0 unspecified atom stereocenters. The average Bonchev–Trinajstić information content (AvgIpc) is 2.86. The van der Waals surface area contributed by atoms with Gasteiger partial charge in [-0.15, -0.1) is 0 Å². The summed E-state index contributed by atoms with van der Waals surface area (Å²) in [6.45, 7) is 3.94. The predicted octanol–water partition coefficient (Wildman–Crippen LogP) is 3.01. The van der Waals surface area contributed by atoms with E-state index in [1.165, 1.54) is 0 Å². The molecule has 0 spiro atoms. The Morgan fingerprint density at radius 2 is 2.16 bits per heavy atom. The molecule has 0 N–H and O–H groups in total. The molecule has 1 aromatic carbocycles. The number of halogens is 1. The lowest BCUT2D eigenvalue weighted by Gasteiger charge is -2.20. The van der Waals surface area contributed by atoms with Gasteiger partial charge in [0.05, 0.1) is 17.4 Å². The first-order valence-corrected chi connectivity index (χ1v) is 6.44. The molecule has 0 radical (unpaired) electrons. The predicted molar refractivity (Wildman–Crippen MR) is 75.8 cm³/mol. The van der Waals surface area contributed by atoms with Gasteiger partial charge in [0.25, 0.3) is 5.91 Å². The largest absolute Gasteiger partial charge is 0.339 e. The van der Waals surface area contributed by atoms with Crippen molar-refractivity contribution in [3.63, 3.8) is 0 Å². The number of hydrogen-bond donors (Lipinski definition) is 0. The highest BCUT2D eigenvalue weighted by atomic mass is 35.5. The van der Waals surface area contributed by atoms with E-state index in [4.69, 9.17) is 11.6 Å². The Bertz CT molecular complexity index is 592. The number of aromatic nitrogens is 2. The minimum absolute atomic E-state index is 0.0386. The third-order valence-electron chi connectivity index (χ3n) is 3.00. The van der Waals surface area contributed by atoms with Gasteiger partial charge >= 0.3 is 0 Å². The summed E-state index contributed by atoms with van der Waals surface area (Å²) in [5.41, 5.74) is 1.40. The second-order valence-electron chi connectivity index (χ2n) is 4.66. The minimum atomic E-state index is -0.0386. The average molecular weight is 278 g/mol. The molecular weight excluding hydrogens is 262 g/mol. The Labute approximate surface area is 117 Å². The molecule has 0 atom stereocenters. The number of carbonyl (C=O) groups is 1. The van der Waals surface area contributed by atoms with Gasteiger partial charge in [-0.05, 0) is 32.0 Å². The zero-order valence-corrected chi connectivity index (χ0v) is 11.9. The zero-order valence-electron chi connectivity index (χ0n) is 11.2. The van der Waals surface area contributed by atoms with Crippen LogP contribution in [0.15, 0.2) is 36.7 Å². The molecule has 0 aliphatic rings. The van der Waals surface area contributed by atoms with E-state index in [1.807, 2.05) is 26.0 Å². The molecule has 1 amide bonds. The summed E-state index contributed by atoms with van der Waals surface area (Å²) in [6.07, 6.45) is 3.29. The molecule has 0 fully saturated rings. The first-order chi connectivity index (χ1) is 8.99. The molecule has 2 aromatic rings. The number of hydrogen-bond acceptors (Lipinski definition) is 2. The third kappa shape index (κ3) is 2.96. The van der Waals surface area contributed by atoms with Gasteiger partial charge in [-0.1, -0.05) is 17.7 Å². The van der Waals surface area contributed by atoms with Crippen LogP contribution >= 0.6 is 11.6 Å². The smallest absolute Gasteiger partial charge is 0.257 e. The van der Waals surface area contributed by atoms with Crippen LogP contribution in [0.3, 0.4) is 0 Å². The van der Waals surface area contributed by atoms with Crippen LogP contribution in [-0.2, 0) is 0 Å². The van der Waals surface area contributed by atoms with Crippen molar-refractivity contribution in [1.29, 1.82) is 0 Å². The van der Waals surface area contributed by atoms with E-state index in [2.05, 4.69) is 5.10 Å². The standard InChI is InChI=1S/C14H16ClN3O/c1-10(2)17(3)14(19)11-8-16-18(9-11)13-6-4-5-12(15)7-13/h4-10H,1-3H3. The number of amides is 1. The molecular formula is C14H16ClN3O. The van der Waals surface area contributed by atoms with Gasteiger partial charge in [0, 0.05) is 24.3 Å². The van der Waals surface area contributed by atoms with E-state index in [0.29, 0.717) is 10.6 Å². The molecule has 0 aliphatic heterocycles. The van der Waals surface area contributed by atoms with E-state index in [9.17, 15) is 4.79 Å². The van der Waals surface area contributed by atoms with Crippen molar-refractivity contribution in [2.24, 2.45) is 0 Å². The topological polar surface area (TPSA) is 38.1 Å². The maximum absolute atomic E-state index is 12.1. The maximum atomic E-state index is 12.1. The number of nitrogens with zero attached hydrogens (tertiary/aromatic N) is 3. The van der Waals surface area contributed by atoms with E-state index in [1.54, 1.807) is 41.2 Å². The molecule has 100 valence electrons. The van der Waals surface area contributed by atoms with Crippen LogP contribution < -0.4 is 0 Å². The second-order valence-corrected chi connectivity index (χ2v) is 5.10. The fraction of sp³-hybridized carbons (Fsp3) is 0.286. The minimum Gasteiger partial charge on any atom is -0.339 e. The fourth-order valence-corrected chi connectivity index (χ4v) is 1.82. The van der Waals surface area contributed by atoms with Gasteiger partial charge in [-0.25, -0.2) is 4.68 Å². The van der Waals surface area contributed by atoms with Crippen LogP contribution in [0.1, 0.15) is 24.2 Å². The molecule has 19 heavy (non-hydrogen) atoms. The summed E-state index contributed by atoms with van der Waals surface area (Å²) >= 11 is 5.94. The first kappa shape index (κ1) is 13.6. The molecule has 5 heteroatoms. The summed E-state index contributed by atoms with van der Waals surface area (Å²) in [5, 5.41) is 4.84. The molecule has 0 aliphatic carbocycles. The van der Waals surface area contributed by atoms with Gasteiger partial charge < -0.3 is 4.90 Å². The highest BCUT2D eigenvalue weighted by Crippen LogP contribution is 2.15. The van der Waals surface area contributed by atoms with Crippen LogP contribution in [0.5, 0.6) is 0 Å². The third-order valence-corrected chi connectivity index (χ3v) is 3.23. The molecule has 0 saturated heterocycles. The zero-order chi connectivity index (χ0) is 14.0. The number of carbonyl (C=O) groups excluding carboxylic acids is 1. The molecule has 1 heterocycles. The van der Waals surface area contributed by atoms with Gasteiger partial charge in [-0.2, -0.15) is 5.10 Å². The summed E-state index contributed by atoms with van der Waals surface area (Å²) in [5.74, 6) is -0.0386. The lowest BCUT2D eigenvalue weighted by atomic mass is 10.2. The molecule has 4 nitrogen and oxygen atoms in total. The fourth-order valence-electron chi connectivity index (χ4n) is 1.63. The highest BCUT2D eigenvalue weighted by Gasteiger charge is 2.16. The Morgan fingerprint density at radius 3 is 2.79 bits per heavy atom. The van der Waals surface area contributed by atoms with Gasteiger partial charge in [0.2, 0.25) is 0 Å². The normalized spacial score (nSPS) is 10.8. The molecule has 1 aromatic heterocycles. The molecule has 2 rings (SSSR count). The van der Waals surface area contributed by atoms with Crippen molar-refractivity contribution in [3.05, 3.63) is 47.2 Å². The van der Waals surface area contributed by atoms with E-state index in [0.717, 1.165) is 5.69 Å². The van der Waals surface area contributed by atoms with Crippen LogP contribution in [-0.4, -0.2) is 33.7 Å². The summed E-state index contributed by atoms with van der Waals surface area (Å²) in [4.78, 5) is 13.8. The van der Waals surface area contributed by atoms with Gasteiger partial charge in [0.15, 0.2) is 0 Å². The Balaban J connectivity index is 2.27. The lowest BCUT2D eigenvalue weighted by Crippen LogP contribution is -2.32. The molecule has 0 bridgehead atoms. The Morgan fingerprint density at radius 1 is 1.42 bits per heavy atom. The molecule has 0 saturated carbocycles. The SMILES string of the molecule is CC(C)N(C)C(=O)c1cnn(-c2cccc(Cl)c2)c1. The van der Waals surface area contributed by atoms with Crippen molar-refractivity contribution in [1.82, 2.24) is 14.7 Å². The quantitative estimate of drug-likeness (QED) is 0.865. The van der Waals surface area contributed by atoms with Crippen molar-refractivity contribution in [2.45, 2.75) is 19.9 Å². The van der Waals surface area contributed by atoms with Crippen LogP contribution in [0, 0.1) is 0 Å². The summed E-state index contributed by atoms with van der Waals surface area (Å²) in [7, 11) is 1.78. The Kier molecular flexibility index (Phi) is 3.90. The van der Waals surface area contributed by atoms with Crippen LogP contribution in [0.25, 0.3) is 5.69 Å². The van der Waals surface area contributed by atoms with E-state index in [-0.39, 0.29) is 11.9 Å². The van der Waals surface area contributed by atoms with Gasteiger partial charge in [0.1, 0.15) is 0 Å². The maximum Gasteiger partial charge on any atom is 0.257 e. The van der Waals surface area contributed by atoms with Crippen molar-refractivity contribution in [2.75, 3.05) is 7.05 Å². The van der Waals surface area contributed by atoms with Gasteiger partial charge in [-0.3, -0.25) is 4.79 Å². The van der Waals surface area contributed by atoms with Crippen molar-refractivity contribution < 1.29 is 4.79 Å². The van der Waals surface area contributed by atoms with Crippen molar-refractivity contribution >= 4 is 17.5 Å². The van der Waals surface area contributed by atoms with Crippen LogP contribution in [0.4, 0.5) is 0 Å². The first-order valence-electron chi connectivity index (χ1n) is 6.07. The number of benzene rings is 1. The van der Waals surface area contributed by atoms with Crippen molar-refractivity contribution in [3.8, 4) is 5.69 Å². The number of rotatable bonds is 3. The van der Waals surface area contributed by atoms with E-state index >= 15 is 0 Å².